The molecule has 0 heterocycles. The van der Waals surface area contributed by atoms with Crippen LogP contribution in [0.25, 0.3) is 0 Å². The van der Waals surface area contributed by atoms with Crippen LogP contribution >= 0.6 is 0 Å². The van der Waals surface area contributed by atoms with Crippen LogP contribution in [0.5, 0.6) is 0 Å². The molecule has 0 saturated heterocycles. The fourth-order valence-electron chi connectivity index (χ4n) is 5.67. The van der Waals surface area contributed by atoms with Crippen LogP contribution in [0.3, 0.4) is 0 Å². The number of rotatable bonds is 22. The molecule has 0 aliphatic carbocycles. The predicted molar refractivity (Wildman–Crippen MR) is 242 cm³/mol. The SMILES string of the molecule is C=CCOC(=O)/C=C/C[C@H](OC(=O)[C@H](CC(C)C)OC(=O)C(C)(C)CNC(=O)OC(C)(C)C)[C@H](C)[C@H](OS(=O)(=O)c1ccc(C)cc1)[C@H](O[Si](C)(C)C(C)(C)C)c1ccccc1. The molecule has 2 aromatic rings. The first-order chi connectivity index (χ1) is 28.5. The summed E-state index contributed by atoms with van der Waals surface area (Å²) >= 11 is 0. The molecule has 2 aromatic carbocycles. The van der Waals surface area contributed by atoms with Crippen molar-refractivity contribution < 1.29 is 55.2 Å². The smallest absolute Gasteiger partial charge is 0.407 e. The zero-order valence-corrected chi connectivity index (χ0v) is 41.1. The van der Waals surface area contributed by atoms with Gasteiger partial charge in [0, 0.05) is 25.0 Å². The maximum absolute atomic E-state index is 14.4. The number of nitrogens with one attached hydrogen (secondary N) is 1. The molecule has 0 aliphatic rings. The molecule has 5 atom stereocenters. The van der Waals surface area contributed by atoms with Crippen LogP contribution in [0, 0.1) is 24.2 Å². The van der Waals surface area contributed by atoms with Gasteiger partial charge in [0.1, 0.15) is 24.4 Å². The van der Waals surface area contributed by atoms with E-state index in [9.17, 15) is 27.6 Å². The number of ether oxygens (including phenoxy) is 4. The molecular formula is C47H71NO12SSi. The highest BCUT2D eigenvalue weighted by molar-refractivity contribution is 7.86. The van der Waals surface area contributed by atoms with E-state index in [2.05, 4.69) is 32.7 Å². The number of amides is 1. The van der Waals surface area contributed by atoms with Crippen molar-refractivity contribution in [1.82, 2.24) is 5.32 Å². The third-order valence-corrected chi connectivity index (χ3v) is 16.1. The van der Waals surface area contributed by atoms with Crippen LogP contribution in [-0.2, 0) is 52.1 Å². The van der Waals surface area contributed by atoms with Gasteiger partial charge < -0.3 is 28.7 Å². The second-order valence-electron chi connectivity index (χ2n) is 19.2. The molecule has 2 rings (SSSR count). The van der Waals surface area contributed by atoms with Crippen LogP contribution < -0.4 is 5.32 Å². The summed E-state index contributed by atoms with van der Waals surface area (Å²) in [5, 5.41) is 2.28. The number of benzene rings is 2. The van der Waals surface area contributed by atoms with E-state index in [-0.39, 0.29) is 41.8 Å². The average Bonchev–Trinajstić information content (AvgIpc) is 3.15. The first kappa shape index (κ1) is 53.8. The molecule has 13 nitrogen and oxygen atoms in total. The summed E-state index contributed by atoms with van der Waals surface area (Å²) in [5.41, 5.74) is -0.568. The summed E-state index contributed by atoms with van der Waals surface area (Å²) in [5.74, 6) is -3.44. The zero-order chi connectivity index (χ0) is 47.3. The lowest BCUT2D eigenvalue weighted by Gasteiger charge is -2.43. The van der Waals surface area contributed by atoms with Gasteiger partial charge in [-0.1, -0.05) is 108 Å². The van der Waals surface area contributed by atoms with E-state index in [0.717, 1.165) is 5.56 Å². The molecule has 15 heteroatoms. The van der Waals surface area contributed by atoms with Crippen molar-refractivity contribution in [1.29, 1.82) is 0 Å². The van der Waals surface area contributed by atoms with Gasteiger partial charge >= 0.3 is 24.0 Å². The molecule has 1 amide bonds. The summed E-state index contributed by atoms with van der Waals surface area (Å²) in [4.78, 5) is 53.0. The fraction of sp³-hybridized carbons (Fsp3) is 0.574. The molecule has 62 heavy (non-hydrogen) atoms. The van der Waals surface area contributed by atoms with Crippen molar-refractivity contribution >= 4 is 42.4 Å². The van der Waals surface area contributed by atoms with E-state index < -0.39 is 83.8 Å². The first-order valence-electron chi connectivity index (χ1n) is 21.0. The molecule has 0 aliphatic heterocycles. The van der Waals surface area contributed by atoms with Crippen LogP contribution in [0.2, 0.25) is 18.1 Å². The van der Waals surface area contributed by atoms with Gasteiger partial charge in [-0.25, -0.2) is 14.4 Å². The minimum absolute atomic E-state index is 0.0276. The zero-order valence-electron chi connectivity index (χ0n) is 39.2. The molecule has 0 bridgehead atoms. The van der Waals surface area contributed by atoms with Crippen molar-refractivity contribution in [2.24, 2.45) is 17.3 Å². The minimum atomic E-state index is -4.47. The van der Waals surface area contributed by atoms with E-state index in [1.54, 1.807) is 53.7 Å². The highest BCUT2D eigenvalue weighted by Crippen LogP contribution is 2.43. The fourth-order valence-corrected chi connectivity index (χ4v) is 8.07. The number of carbonyl (C=O) groups excluding carboxylic acids is 4. The molecule has 0 radical (unpaired) electrons. The van der Waals surface area contributed by atoms with Crippen LogP contribution in [0.1, 0.15) is 106 Å². The second-order valence-corrected chi connectivity index (χ2v) is 25.5. The highest BCUT2D eigenvalue weighted by Gasteiger charge is 2.46. The summed E-state index contributed by atoms with van der Waals surface area (Å²) in [6, 6.07) is 15.4. The standard InChI is InChI=1S/C47H71NO12SSi/c1-16-29-55-39(49)24-20-23-37(56-42(50)38(30-32(2)3)57-43(51)47(12,13)31-48-44(52)58-45(6,7)8)34(5)40(59-61(53,54)36-27-25-33(4)26-28-36)41(35-21-18-17-19-22-35)60-62(14,15)46(9,10)11/h16-22,24-28,32,34,37-38,40-41H,1,23,29-31H2,2-15H3,(H,48,52)/b24-20+/t34-,37-,38-,40-,41+/m0/s1. The van der Waals surface area contributed by atoms with Gasteiger partial charge in [-0.3, -0.25) is 8.98 Å². The van der Waals surface area contributed by atoms with Gasteiger partial charge in [0.2, 0.25) is 0 Å². The molecule has 346 valence electrons. The Bertz CT molecular complexity index is 1930. The first-order valence-corrected chi connectivity index (χ1v) is 25.4. The number of alkyl carbamates (subject to hydrolysis) is 1. The number of carbonyl (C=O) groups is 4. The normalized spacial score (nSPS) is 15.2. The summed E-state index contributed by atoms with van der Waals surface area (Å²) < 4.78 is 64.4. The summed E-state index contributed by atoms with van der Waals surface area (Å²) in [6.07, 6.45) is -1.54. The highest BCUT2D eigenvalue weighted by atomic mass is 32.2. The van der Waals surface area contributed by atoms with Gasteiger partial charge in [0.05, 0.1) is 16.4 Å². The van der Waals surface area contributed by atoms with Crippen LogP contribution in [0.15, 0.2) is 84.3 Å². The van der Waals surface area contributed by atoms with E-state index in [1.165, 1.54) is 30.4 Å². The lowest BCUT2D eigenvalue weighted by molar-refractivity contribution is -0.180. The summed E-state index contributed by atoms with van der Waals surface area (Å²) in [7, 11) is -7.17. The minimum Gasteiger partial charge on any atom is -0.459 e. The Morgan fingerprint density at radius 3 is 2.00 bits per heavy atom. The van der Waals surface area contributed by atoms with E-state index in [0.29, 0.717) is 5.56 Å². The Morgan fingerprint density at radius 2 is 1.47 bits per heavy atom. The van der Waals surface area contributed by atoms with Crippen molar-refractivity contribution in [2.75, 3.05) is 13.2 Å². The quantitative estimate of drug-likeness (QED) is 0.0297. The number of hydrogen-bond acceptors (Lipinski definition) is 12. The third-order valence-electron chi connectivity index (χ3n) is 10.4. The van der Waals surface area contributed by atoms with Crippen molar-refractivity contribution in [3.8, 4) is 0 Å². The maximum atomic E-state index is 14.4. The van der Waals surface area contributed by atoms with Gasteiger partial charge in [-0.15, -0.1) is 0 Å². The van der Waals surface area contributed by atoms with Gasteiger partial charge in [-0.05, 0) is 89.7 Å². The van der Waals surface area contributed by atoms with Gasteiger partial charge in [0.15, 0.2) is 14.4 Å². The monoisotopic (exact) mass is 901 g/mol. The Balaban J connectivity index is 2.74. The topological polar surface area (TPSA) is 170 Å². The van der Waals surface area contributed by atoms with E-state index >= 15 is 0 Å². The van der Waals surface area contributed by atoms with Crippen molar-refractivity contribution in [3.63, 3.8) is 0 Å². The predicted octanol–water partition coefficient (Wildman–Crippen LogP) is 9.56. The Morgan fingerprint density at radius 1 is 0.871 bits per heavy atom. The molecule has 1 N–H and O–H groups in total. The molecule has 0 saturated carbocycles. The second kappa shape index (κ2) is 22.9. The van der Waals surface area contributed by atoms with Crippen LogP contribution in [-0.4, -0.2) is 77.8 Å². The third kappa shape index (κ3) is 17.5. The maximum Gasteiger partial charge on any atom is 0.407 e. The molecular weight excluding hydrogens is 831 g/mol. The molecule has 0 aromatic heterocycles. The number of esters is 3. The van der Waals surface area contributed by atoms with Gasteiger partial charge in [-0.2, -0.15) is 8.42 Å². The molecule has 0 unspecified atom stereocenters. The number of hydrogen-bond donors (Lipinski definition) is 1. The number of aryl methyl sites for hydroxylation is 1. The lowest BCUT2D eigenvalue weighted by Crippen LogP contribution is -2.48. The molecule has 0 spiro atoms. The molecule has 0 fully saturated rings. The summed E-state index contributed by atoms with van der Waals surface area (Å²) in [6.45, 7) is 29.2. The van der Waals surface area contributed by atoms with Crippen molar-refractivity contribution in [3.05, 3.63) is 90.5 Å². The Kier molecular flexibility index (Phi) is 19.8. The lowest BCUT2D eigenvalue weighted by atomic mass is 9.89. The largest absolute Gasteiger partial charge is 0.459 e. The van der Waals surface area contributed by atoms with E-state index in [4.69, 9.17) is 27.6 Å². The van der Waals surface area contributed by atoms with Crippen molar-refractivity contribution in [2.45, 2.75) is 149 Å². The van der Waals surface area contributed by atoms with Crippen LogP contribution in [0.4, 0.5) is 4.79 Å². The Hall–Kier alpha value is -4.31. The van der Waals surface area contributed by atoms with E-state index in [1.807, 2.05) is 64.2 Å². The van der Waals surface area contributed by atoms with Gasteiger partial charge in [0.25, 0.3) is 10.1 Å². The average molecular weight is 902 g/mol. The Labute approximate surface area is 371 Å².